The smallest absolute Gasteiger partial charge is 0.254 e. The van der Waals surface area contributed by atoms with Gasteiger partial charge in [0.1, 0.15) is 0 Å². The first-order valence-corrected chi connectivity index (χ1v) is 12.6. The van der Waals surface area contributed by atoms with Crippen LogP contribution in [-0.2, 0) is 14.3 Å². The fraction of sp³-hybridized carbons (Fsp3) is 0.538. The Bertz CT molecular complexity index is 1040. The monoisotopic (exact) mass is 519 g/mol. The second-order valence-corrected chi connectivity index (χ2v) is 9.70. The Morgan fingerprint density at radius 1 is 1.28 bits per heavy atom. The number of carbonyl (C=O) groups is 2. The molecule has 1 fully saturated rings. The first kappa shape index (κ1) is 27.9. The minimum atomic E-state index is -1.01. The van der Waals surface area contributed by atoms with Crippen molar-refractivity contribution in [2.75, 3.05) is 31.7 Å². The number of amides is 2. The van der Waals surface area contributed by atoms with Gasteiger partial charge in [-0.25, -0.2) is 4.79 Å². The van der Waals surface area contributed by atoms with Gasteiger partial charge in [0.25, 0.3) is 11.8 Å². The number of benzene rings is 1. The third kappa shape index (κ3) is 6.55. The van der Waals surface area contributed by atoms with Gasteiger partial charge in [-0.2, -0.15) is 0 Å². The summed E-state index contributed by atoms with van der Waals surface area (Å²) in [5.41, 5.74) is 0.189. The standard InChI is InChI=1S/C26H34ClN3O6/c1-3-18-13-24(33)29(14-20(32)16-36-2)23(15-31)30(18)19-8-9-22(27)21(12-19)25(34)28-17-26(35)10-6-4-5-7-11-26/h8-9,12-13,20,32,35H,3-7,10-11,14,16-17H2,1-2H3,(H,28,34)/t20-/m1/s1. The van der Waals surface area contributed by atoms with Crippen LogP contribution in [0.5, 0.6) is 0 Å². The molecule has 9 nitrogen and oxygen atoms in total. The van der Waals surface area contributed by atoms with Crippen molar-refractivity contribution in [1.82, 2.24) is 10.2 Å². The average Bonchev–Trinajstić information content (AvgIpc) is 3.08. The number of nitrogens with one attached hydrogen (secondary N) is 1. The number of rotatable bonds is 9. The van der Waals surface area contributed by atoms with Crippen LogP contribution in [0.2, 0.25) is 5.02 Å². The lowest BCUT2D eigenvalue weighted by Gasteiger charge is -2.37. The summed E-state index contributed by atoms with van der Waals surface area (Å²) in [6.45, 7) is 1.77. The first-order chi connectivity index (χ1) is 17.2. The molecule has 3 N–H and O–H groups in total. The Morgan fingerprint density at radius 3 is 2.58 bits per heavy atom. The number of aliphatic hydroxyl groups excluding tert-OH is 1. The molecule has 1 saturated carbocycles. The maximum atomic E-state index is 13.1. The minimum Gasteiger partial charge on any atom is -0.389 e. The summed E-state index contributed by atoms with van der Waals surface area (Å²) in [6.07, 6.45) is 6.03. The van der Waals surface area contributed by atoms with E-state index in [-0.39, 0.29) is 36.1 Å². The Labute approximate surface area is 216 Å². The van der Waals surface area contributed by atoms with Gasteiger partial charge in [0, 0.05) is 31.1 Å². The molecular formula is C26H34ClN3O6. The van der Waals surface area contributed by atoms with E-state index < -0.39 is 23.5 Å². The zero-order valence-corrected chi connectivity index (χ0v) is 21.5. The van der Waals surface area contributed by atoms with Crippen molar-refractivity contribution < 1.29 is 29.3 Å². The second kappa shape index (κ2) is 12.5. The summed E-state index contributed by atoms with van der Waals surface area (Å²) in [5, 5.41) is 24.1. The highest BCUT2D eigenvalue weighted by atomic mass is 35.5. The summed E-state index contributed by atoms with van der Waals surface area (Å²) in [7, 11) is 1.42. The summed E-state index contributed by atoms with van der Waals surface area (Å²) >= 11 is 6.36. The number of anilines is 1. The number of ether oxygens (including phenoxy) is 1. The Kier molecular flexibility index (Phi) is 9.70. The summed E-state index contributed by atoms with van der Waals surface area (Å²) in [6, 6.07) is 4.72. The van der Waals surface area contributed by atoms with E-state index >= 15 is 0 Å². The molecule has 2 amide bonds. The minimum absolute atomic E-state index is 0.0160. The van der Waals surface area contributed by atoms with Crippen molar-refractivity contribution in [3.8, 4) is 0 Å². The number of nitrogens with zero attached hydrogens (tertiary/aromatic N) is 2. The molecule has 1 heterocycles. The van der Waals surface area contributed by atoms with Crippen molar-refractivity contribution in [2.45, 2.75) is 63.6 Å². The first-order valence-electron chi connectivity index (χ1n) is 12.3. The molecule has 0 spiro atoms. The van der Waals surface area contributed by atoms with E-state index in [4.69, 9.17) is 16.3 Å². The van der Waals surface area contributed by atoms with Crippen LogP contribution < -0.4 is 10.2 Å². The Hall–Kier alpha value is -2.68. The lowest BCUT2D eigenvalue weighted by atomic mass is 9.94. The largest absolute Gasteiger partial charge is 0.389 e. The van der Waals surface area contributed by atoms with Crippen LogP contribution in [0, 0.1) is 0 Å². The summed E-state index contributed by atoms with van der Waals surface area (Å²) < 4.78 is 4.94. The molecule has 2 aliphatic rings. The molecule has 1 aliphatic heterocycles. The zero-order chi connectivity index (χ0) is 26.3. The lowest BCUT2D eigenvalue weighted by molar-refractivity contribution is -0.126. The molecule has 1 atom stereocenters. The molecule has 0 unspecified atom stereocenters. The normalized spacial score (nSPS) is 18.9. The van der Waals surface area contributed by atoms with Gasteiger partial charge in [0.2, 0.25) is 5.82 Å². The number of carbonyl (C=O) groups excluding carboxylic acids is 3. The zero-order valence-electron chi connectivity index (χ0n) is 20.8. The predicted molar refractivity (Wildman–Crippen MR) is 136 cm³/mol. The maximum Gasteiger partial charge on any atom is 0.254 e. The lowest BCUT2D eigenvalue weighted by Crippen LogP contribution is -2.47. The van der Waals surface area contributed by atoms with Crippen molar-refractivity contribution in [3.05, 3.63) is 46.4 Å². The molecular weight excluding hydrogens is 486 g/mol. The van der Waals surface area contributed by atoms with Crippen LogP contribution in [0.25, 0.3) is 0 Å². The molecule has 0 radical (unpaired) electrons. The molecule has 36 heavy (non-hydrogen) atoms. The van der Waals surface area contributed by atoms with E-state index in [1.165, 1.54) is 24.2 Å². The van der Waals surface area contributed by atoms with E-state index in [9.17, 15) is 24.6 Å². The third-order valence-corrected chi connectivity index (χ3v) is 6.91. The van der Waals surface area contributed by atoms with Gasteiger partial charge >= 0.3 is 0 Å². The van der Waals surface area contributed by atoms with E-state index in [0.717, 1.165) is 30.6 Å². The van der Waals surface area contributed by atoms with E-state index in [2.05, 4.69) is 5.32 Å². The van der Waals surface area contributed by atoms with Gasteiger partial charge in [-0.1, -0.05) is 44.2 Å². The average molecular weight is 520 g/mol. The third-order valence-electron chi connectivity index (χ3n) is 6.58. The number of hydrogen-bond acceptors (Lipinski definition) is 7. The highest BCUT2D eigenvalue weighted by molar-refractivity contribution is 6.34. The summed E-state index contributed by atoms with van der Waals surface area (Å²) in [5.74, 6) is 0.821. The van der Waals surface area contributed by atoms with Crippen molar-refractivity contribution in [1.29, 1.82) is 0 Å². The van der Waals surface area contributed by atoms with E-state index in [0.29, 0.717) is 30.6 Å². The van der Waals surface area contributed by atoms with Gasteiger partial charge in [-0.3, -0.25) is 19.4 Å². The fourth-order valence-electron chi connectivity index (χ4n) is 4.66. The Balaban J connectivity index is 1.89. The van der Waals surface area contributed by atoms with Gasteiger partial charge in [0.05, 0.1) is 35.4 Å². The number of halogens is 1. The maximum absolute atomic E-state index is 13.1. The van der Waals surface area contributed by atoms with Crippen LogP contribution in [0.4, 0.5) is 5.69 Å². The number of methoxy groups -OCH3 is 1. The predicted octanol–water partition coefficient (Wildman–Crippen LogP) is 2.78. The molecule has 1 aliphatic carbocycles. The molecule has 0 saturated heterocycles. The van der Waals surface area contributed by atoms with Crippen LogP contribution in [0.1, 0.15) is 62.2 Å². The van der Waals surface area contributed by atoms with Gasteiger partial charge < -0.3 is 20.3 Å². The van der Waals surface area contributed by atoms with Crippen molar-refractivity contribution >= 4 is 35.0 Å². The second-order valence-electron chi connectivity index (χ2n) is 9.29. The molecule has 3 rings (SSSR count). The van der Waals surface area contributed by atoms with Gasteiger partial charge in [-0.15, -0.1) is 0 Å². The molecule has 0 bridgehead atoms. The number of aliphatic hydroxyl groups is 2. The van der Waals surface area contributed by atoms with E-state index in [1.54, 1.807) is 12.1 Å². The summed E-state index contributed by atoms with van der Waals surface area (Å²) in [4.78, 5) is 40.5. The van der Waals surface area contributed by atoms with Crippen LogP contribution in [0.15, 0.2) is 35.8 Å². The topological polar surface area (TPSA) is 119 Å². The fourth-order valence-corrected chi connectivity index (χ4v) is 4.86. The van der Waals surface area contributed by atoms with Crippen LogP contribution >= 0.6 is 11.6 Å². The van der Waals surface area contributed by atoms with Crippen molar-refractivity contribution in [2.24, 2.45) is 0 Å². The highest BCUT2D eigenvalue weighted by Gasteiger charge is 2.34. The quantitative estimate of drug-likeness (QED) is 0.339. The number of β-amino-alcohol motifs (C(OH)–C–C–N with tert-alkyl or cyclic N) is 1. The van der Waals surface area contributed by atoms with Crippen LogP contribution in [0.3, 0.4) is 0 Å². The van der Waals surface area contributed by atoms with Crippen molar-refractivity contribution in [3.63, 3.8) is 0 Å². The van der Waals surface area contributed by atoms with Gasteiger partial charge in [0.15, 0.2) is 5.94 Å². The van der Waals surface area contributed by atoms with Crippen LogP contribution in [-0.4, -0.2) is 71.4 Å². The number of allylic oxidation sites excluding steroid dienone is 1. The molecule has 1 aromatic carbocycles. The molecule has 0 aromatic heterocycles. The Morgan fingerprint density at radius 2 is 1.97 bits per heavy atom. The van der Waals surface area contributed by atoms with E-state index in [1.807, 2.05) is 12.9 Å². The molecule has 1 aromatic rings. The molecule has 196 valence electrons. The van der Waals surface area contributed by atoms with Gasteiger partial charge in [-0.05, 0) is 37.5 Å². The highest BCUT2D eigenvalue weighted by Crippen LogP contribution is 2.33. The molecule has 10 heteroatoms. The number of hydrogen-bond donors (Lipinski definition) is 3. The SMILES string of the molecule is CCC1=CC(=O)N(C[C@@H](O)COC)C(=C=O)N1c1ccc(Cl)c(C(=O)NCC2(O)CCCCCC2)c1.